The van der Waals surface area contributed by atoms with Crippen molar-refractivity contribution < 1.29 is 27.4 Å². The summed E-state index contributed by atoms with van der Waals surface area (Å²) in [6, 6.07) is 6.52. The van der Waals surface area contributed by atoms with Gasteiger partial charge in [-0.2, -0.15) is 13.2 Å². The summed E-state index contributed by atoms with van der Waals surface area (Å²) >= 11 is 1.92. The standard InChI is InChI=1S/C17H18F3IO3/c1-11(17(18,19)20)16(23-12-7-3-2-4-8-12)24-15(22)13-9-5-6-10-14(13)21/h5-6,9-10,12,16H,1-4,7-8H2. The molecule has 1 atom stereocenters. The van der Waals surface area contributed by atoms with Crippen molar-refractivity contribution in [2.45, 2.75) is 50.7 Å². The van der Waals surface area contributed by atoms with Crippen LogP contribution in [0.25, 0.3) is 0 Å². The van der Waals surface area contributed by atoms with Gasteiger partial charge in [0, 0.05) is 3.57 Å². The van der Waals surface area contributed by atoms with Crippen molar-refractivity contribution in [2.24, 2.45) is 0 Å². The largest absolute Gasteiger partial charge is 0.428 e. The summed E-state index contributed by atoms with van der Waals surface area (Å²) in [4.78, 5) is 12.2. The van der Waals surface area contributed by atoms with Crippen LogP contribution in [-0.4, -0.2) is 24.5 Å². The molecule has 7 heteroatoms. The van der Waals surface area contributed by atoms with Crippen LogP contribution in [0.5, 0.6) is 0 Å². The predicted octanol–water partition coefficient (Wildman–Crippen LogP) is 5.24. The van der Waals surface area contributed by atoms with Crippen LogP contribution in [0.3, 0.4) is 0 Å². The molecule has 0 saturated heterocycles. The van der Waals surface area contributed by atoms with E-state index in [-0.39, 0.29) is 11.7 Å². The van der Waals surface area contributed by atoms with Crippen molar-refractivity contribution in [2.75, 3.05) is 0 Å². The molecular weight excluding hydrogens is 436 g/mol. The molecule has 0 amide bonds. The fourth-order valence-electron chi connectivity index (χ4n) is 2.48. The molecule has 2 rings (SSSR count). The lowest BCUT2D eigenvalue weighted by Crippen LogP contribution is -2.34. The fourth-order valence-corrected chi connectivity index (χ4v) is 3.09. The van der Waals surface area contributed by atoms with Gasteiger partial charge in [-0.1, -0.05) is 38.0 Å². The number of hydrogen-bond acceptors (Lipinski definition) is 3. The molecule has 1 aliphatic carbocycles. The summed E-state index contributed by atoms with van der Waals surface area (Å²) in [6.07, 6.45) is -2.75. The Hall–Kier alpha value is -1.09. The minimum atomic E-state index is -4.69. The van der Waals surface area contributed by atoms with Crippen LogP contribution >= 0.6 is 22.6 Å². The monoisotopic (exact) mass is 454 g/mol. The van der Waals surface area contributed by atoms with Crippen molar-refractivity contribution in [3.63, 3.8) is 0 Å². The van der Waals surface area contributed by atoms with Crippen LogP contribution < -0.4 is 0 Å². The quantitative estimate of drug-likeness (QED) is 0.264. The molecule has 132 valence electrons. The van der Waals surface area contributed by atoms with E-state index in [2.05, 4.69) is 6.58 Å². The Bertz CT molecular complexity index is 595. The number of halogens is 4. The van der Waals surface area contributed by atoms with E-state index >= 15 is 0 Å². The summed E-state index contributed by atoms with van der Waals surface area (Å²) < 4.78 is 50.1. The van der Waals surface area contributed by atoms with Gasteiger partial charge in [-0.05, 0) is 47.6 Å². The van der Waals surface area contributed by atoms with E-state index in [1.807, 2.05) is 22.6 Å². The third-order valence-corrected chi connectivity index (χ3v) is 4.77. The van der Waals surface area contributed by atoms with E-state index in [4.69, 9.17) is 9.47 Å². The first kappa shape index (κ1) is 19.2. The maximum atomic E-state index is 13.0. The van der Waals surface area contributed by atoms with Crippen molar-refractivity contribution in [1.82, 2.24) is 0 Å². The van der Waals surface area contributed by atoms with Gasteiger partial charge in [0.2, 0.25) is 6.29 Å². The van der Waals surface area contributed by atoms with Gasteiger partial charge in [0.05, 0.1) is 17.2 Å². The summed E-state index contributed by atoms with van der Waals surface area (Å²) in [7, 11) is 0. The zero-order chi connectivity index (χ0) is 17.7. The smallest absolute Gasteiger partial charge is 0.418 e. The predicted molar refractivity (Wildman–Crippen MR) is 91.5 cm³/mol. The average Bonchev–Trinajstić information content (AvgIpc) is 2.54. The van der Waals surface area contributed by atoms with E-state index < -0.39 is 24.0 Å². The Kier molecular flexibility index (Phi) is 6.68. The van der Waals surface area contributed by atoms with E-state index in [1.165, 1.54) is 6.07 Å². The van der Waals surface area contributed by atoms with Gasteiger partial charge in [0.1, 0.15) is 0 Å². The van der Waals surface area contributed by atoms with Gasteiger partial charge in [0.25, 0.3) is 0 Å². The minimum Gasteiger partial charge on any atom is -0.428 e. The van der Waals surface area contributed by atoms with Crippen molar-refractivity contribution in [3.05, 3.63) is 45.6 Å². The maximum absolute atomic E-state index is 13.0. The molecule has 24 heavy (non-hydrogen) atoms. The number of alkyl halides is 3. The molecule has 0 radical (unpaired) electrons. The molecule has 0 N–H and O–H groups in total. The second-order valence-corrected chi connectivity index (χ2v) is 6.80. The third kappa shape index (κ3) is 5.20. The highest BCUT2D eigenvalue weighted by Crippen LogP contribution is 2.32. The van der Waals surface area contributed by atoms with E-state index in [0.29, 0.717) is 16.4 Å². The molecule has 0 heterocycles. The highest BCUT2D eigenvalue weighted by atomic mass is 127. The molecule has 0 spiro atoms. The number of ether oxygens (including phenoxy) is 2. The molecule has 1 saturated carbocycles. The molecule has 1 unspecified atom stereocenters. The lowest BCUT2D eigenvalue weighted by molar-refractivity contribution is -0.172. The minimum absolute atomic E-state index is 0.199. The Labute approximate surface area is 152 Å². The fraction of sp³-hybridized carbons (Fsp3) is 0.471. The maximum Gasteiger partial charge on any atom is 0.418 e. The number of carbonyl (C=O) groups is 1. The first-order valence-electron chi connectivity index (χ1n) is 7.66. The topological polar surface area (TPSA) is 35.5 Å². The van der Waals surface area contributed by atoms with Gasteiger partial charge in [0.15, 0.2) is 0 Å². The summed E-state index contributed by atoms with van der Waals surface area (Å²) in [5.74, 6) is -0.855. The number of benzene rings is 1. The molecule has 1 aliphatic rings. The molecule has 3 nitrogen and oxygen atoms in total. The summed E-state index contributed by atoms with van der Waals surface area (Å²) in [5, 5.41) is 0. The zero-order valence-electron chi connectivity index (χ0n) is 12.9. The molecular formula is C17H18F3IO3. The Morgan fingerprint density at radius 2 is 1.83 bits per heavy atom. The first-order valence-corrected chi connectivity index (χ1v) is 8.74. The van der Waals surface area contributed by atoms with Gasteiger partial charge >= 0.3 is 12.1 Å². The van der Waals surface area contributed by atoms with Gasteiger partial charge in [-0.25, -0.2) is 4.79 Å². The van der Waals surface area contributed by atoms with Crippen LogP contribution in [0.15, 0.2) is 36.4 Å². The van der Waals surface area contributed by atoms with Crippen molar-refractivity contribution in [3.8, 4) is 0 Å². The highest BCUT2D eigenvalue weighted by Gasteiger charge is 2.41. The first-order chi connectivity index (χ1) is 11.3. The number of esters is 1. The van der Waals surface area contributed by atoms with E-state index in [1.54, 1.807) is 18.2 Å². The Morgan fingerprint density at radius 3 is 2.42 bits per heavy atom. The van der Waals surface area contributed by atoms with E-state index in [9.17, 15) is 18.0 Å². The Balaban J connectivity index is 2.14. The van der Waals surface area contributed by atoms with Crippen LogP contribution in [0.1, 0.15) is 42.5 Å². The molecule has 0 aliphatic heterocycles. The van der Waals surface area contributed by atoms with Crippen molar-refractivity contribution in [1.29, 1.82) is 0 Å². The number of carbonyl (C=O) groups excluding carboxylic acids is 1. The Morgan fingerprint density at radius 1 is 1.21 bits per heavy atom. The van der Waals surface area contributed by atoms with Crippen LogP contribution in [-0.2, 0) is 9.47 Å². The van der Waals surface area contributed by atoms with Crippen LogP contribution in [0.2, 0.25) is 0 Å². The molecule has 1 fully saturated rings. The number of hydrogen-bond donors (Lipinski definition) is 0. The lowest BCUT2D eigenvalue weighted by atomic mass is 9.98. The summed E-state index contributed by atoms with van der Waals surface area (Å²) in [5.41, 5.74) is -1.00. The second-order valence-electron chi connectivity index (χ2n) is 5.64. The average molecular weight is 454 g/mol. The molecule has 0 bridgehead atoms. The van der Waals surface area contributed by atoms with Gasteiger partial charge in [-0.3, -0.25) is 0 Å². The third-order valence-electron chi connectivity index (χ3n) is 3.82. The van der Waals surface area contributed by atoms with Gasteiger partial charge < -0.3 is 9.47 Å². The normalized spacial score (nSPS) is 17.3. The zero-order valence-corrected chi connectivity index (χ0v) is 15.1. The number of rotatable bonds is 5. The van der Waals surface area contributed by atoms with Crippen LogP contribution in [0.4, 0.5) is 13.2 Å². The van der Waals surface area contributed by atoms with E-state index in [0.717, 1.165) is 19.3 Å². The lowest BCUT2D eigenvalue weighted by Gasteiger charge is -2.29. The SMILES string of the molecule is C=C(C(OC(=O)c1ccccc1I)OC1CCCCC1)C(F)(F)F. The second kappa shape index (κ2) is 8.33. The van der Waals surface area contributed by atoms with Gasteiger partial charge in [-0.15, -0.1) is 0 Å². The van der Waals surface area contributed by atoms with Crippen LogP contribution in [0, 0.1) is 3.57 Å². The molecule has 1 aromatic carbocycles. The van der Waals surface area contributed by atoms with Crippen molar-refractivity contribution >= 4 is 28.6 Å². The molecule has 1 aromatic rings. The summed E-state index contributed by atoms with van der Waals surface area (Å²) in [6.45, 7) is 3.03. The highest BCUT2D eigenvalue weighted by molar-refractivity contribution is 14.1. The molecule has 0 aromatic heterocycles.